The van der Waals surface area contributed by atoms with Crippen molar-refractivity contribution in [2.45, 2.75) is 25.6 Å². The molecular formula is C15H18O5. The van der Waals surface area contributed by atoms with Crippen molar-refractivity contribution < 1.29 is 24.2 Å². The number of hydrogen-bond acceptors (Lipinski definition) is 4. The minimum atomic E-state index is -1.37. The van der Waals surface area contributed by atoms with E-state index in [1.165, 1.54) is 7.11 Å². The van der Waals surface area contributed by atoms with Crippen molar-refractivity contribution in [2.24, 2.45) is 0 Å². The zero-order chi connectivity index (χ0) is 15.1. The Morgan fingerprint density at radius 2 is 1.90 bits per heavy atom. The molecule has 0 fully saturated rings. The van der Waals surface area contributed by atoms with Crippen molar-refractivity contribution in [3.8, 4) is 0 Å². The predicted molar refractivity (Wildman–Crippen MR) is 73.5 cm³/mol. The maximum Gasteiger partial charge on any atom is 0.347 e. The summed E-state index contributed by atoms with van der Waals surface area (Å²) in [5.41, 5.74) is 1.04. The minimum Gasteiger partial charge on any atom is -0.478 e. The van der Waals surface area contributed by atoms with E-state index in [9.17, 15) is 14.7 Å². The molecule has 108 valence electrons. The molecule has 5 nitrogen and oxygen atoms in total. The van der Waals surface area contributed by atoms with Crippen molar-refractivity contribution in [2.75, 3.05) is 7.11 Å². The van der Waals surface area contributed by atoms with Gasteiger partial charge in [0.15, 0.2) is 0 Å². The summed E-state index contributed by atoms with van der Waals surface area (Å²) in [7, 11) is 1.37. The summed E-state index contributed by atoms with van der Waals surface area (Å²) in [5.74, 6) is -1.94. The highest BCUT2D eigenvalue weighted by atomic mass is 16.6. The van der Waals surface area contributed by atoms with E-state index in [2.05, 4.69) is 6.58 Å². The summed E-state index contributed by atoms with van der Waals surface area (Å²) in [6.45, 7) is 5.46. The lowest BCUT2D eigenvalue weighted by Crippen LogP contribution is -2.39. The number of carbonyl (C=O) groups is 2. The number of benzene rings is 1. The molecule has 0 saturated carbocycles. The molecular weight excluding hydrogens is 260 g/mol. The molecule has 1 rings (SSSR count). The van der Waals surface area contributed by atoms with Gasteiger partial charge in [-0.05, 0) is 25.5 Å². The molecule has 20 heavy (non-hydrogen) atoms. The molecule has 1 aromatic rings. The van der Waals surface area contributed by atoms with Crippen LogP contribution in [-0.4, -0.2) is 36.4 Å². The summed E-state index contributed by atoms with van der Waals surface area (Å²) in [6.07, 6.45) is -1.84. The number of ether oxygens (including phenoxy) is 2. The van der Waals surface area contributed by atoms with Crippen LogP contribution in [0.5, 0.6) is 0 Å². The molecule has 0 saturated heterocycles. The van der Waals surface area contributed by atoms with Gasteiger partial charge in [-0.2, -0.15) is 0 Å². The number of carboxylic acids is 1. The lowest BCUT2D eigenvalue weighted by molar-refractivity contribution is -0.154. The first-order valence-corrected chi connectivity index (χ1v) is 6.11. The molecule has 0 aliphatic rings. The first-order chi connectivity index (χ1) is 9.45. The Labute approximate surface area is 117 Å². The van der Waals surface area contributed by atoms with Crippen molar-refractivity contribution in [1.82, 2.24) is 0 Å². The largest absolute Gasteiger partial charge is 0.478 e. The third-order valence-corrected chi connectivity index (χ3v) is 2.68. The van der Waals surface area contributed by atoms with E-state index in [4.69, 9.17) is 9.47 Å². The van der Waals surface area contributed by atoms with Crippen LogP contribution >= 0.6 is 0 Å². The van der Waals surface area contributed by atoms with E-state index < -0.39 is 24.1 Å². The molecule has 5 heteroatoms. The zero-order valence-corrected chi connectivity index (χ0v) is 11.5. The molecule has 1 unspecified atom stereocenters. The number of esters is 1. The molecule has 1 N–H and O–H groups in total. The van der Waals surface area contributed by atoms with Gasteiger partial charge in [0.25, 0.3) is 0 Å². The molecule has 1 aromatic carbocycles. The van der Waals surface area contributed by atoms with Gasteiger partial charge >= 0.3 is 11.9 Å². The molecule has 0 aliphatic carbocycles. The van der Waals surface area contributed by atoms with E-state index in [0.717, 1.165) is 5.57 Å². The second-order valence-corrected chi connectivity index (χ2v) is 4.47. The van der Waals surface area contributed by atoms with Gasteiger partial charge in [0.05, 0.1) is 5.56 Å². The van der Waals surface area contributed by atoms with E-state index in [0.29, 0.717) is 12.0 Å². The molecule has 0 aromatic heterocycles. The Balaban J connectivity index is 2.84. The predicted octanol–water partition coefficient (Wildman–Crippen LogP) is 2.28. The average molecular weight is 278 g/mol. The van der Waals surface area contributed by atoms with Gasteiger partial charge in [-0.15, -0.1) is 6.58 Å². The van der Waals surface area contributed by atoms with Crippen LogP contribution in [0, 0.1) is 0 Å². The summed E-state index contributed by atoms with van der Waals surface area (Å²) in [5, 5.41) is 9.20. The molecule has 2 atom stereocenters. The lowest BCUT2D eigenvalue weighted by Gasteiger charge is -2.22. The van der Waals surface area contributed by atoms with Gasteiger partial charge < -0.3 is 14.6 Å². The topological polar surface area (TPSA) is 72.8 Å². The highest BCUT2D eigenvalue weighted by molar-refractivity contribution is 5.91. The summed E-state index contributed by atoms with van der Waals surface area (Å²) in [6, 6.07) is 8.22. The van der Waals surface area contributed by atoms with E-state index >= 15 is 0 Å². The standard InChI is InChI=1S/C15H18O5/c1-10(2)9-12(19-3)13(14(16)17)20-15(18)11-7-5-4-6-8-11/h4-8,12-13H,1,9H2,2-3H3,(H,16,17)/t12-,13?/m0/s1. The lowest BCUT2D eigenvalue weighted by atomic mass is 10.1. The Bertz CT molecular complexity index is 480. The molecule has 0 spiro atoms. The van der Waals surface area contributed by atoms with Crippen LogP contribution in [-0.2, 0) is 14.3 Å². The monoisotopic (exact) mass is 278 g/mol. The number of hydrogen-bond donors (Lipinski definition) is 1. The van der Waals surface area contributed by atoms with Crippen LogP contribution in [0.4, 0.5) is 0 Å². The van der Waals surface area contributed by atoms with Gasteiger partial charge in [0.1, 0.15) is 6.10 Å². The maximum absolute atomic E-state index is 11.9. The Kier molecular flexibility index (Phi) is 5.93. The van der Waals surface area contributed by atoms with Crippen LogP contribution < -0.4 is 0 Å². The number of rotatable bonds is 7. The van der Waals surface area contributed by atoms with Gasteiger partial charge in [0.2, 0.25) is 6.10 Å². The second-order valence-electron chi connectivity index (χ2n) is 4.47. The van der Waals surface area contributed by atoms with Crippen LogP contribution in [0.2, 0.25) is 0 Å². The number of carbonyl (C=O) groups excluding carboxylic acids is 1. The van der Waals surface area contributed by atoms with Crippen LogP contribution in [0.1, 0.15) is 23.7 Å². The fraction of sp³-hybridized carbons (Fsp3) is 0.333. The summed E-state index contributed by atoms with van der Waals surface area (Å²) < 4.78 is 10.1. The highest BCUT2D eigenvalue weighted by Crippen LogP contribution is 2.15. The van der Waals surface area contributed by atoms with Crippen molar-refractivity contribution >= 4 is 11.9 Å². The van der Waals surface area contributed by atoms with Crippen molar-refractivity contribution in [3.63, 3.8) is 0 Å². The van der Waals surface area contributed by atoms with E-state index in [-0.39, 0.29) is 0 Å². The first-order valence-electron chi connectivity index (χ1n) is 6.11. The highest BCUT2D eigenvalue weighted by Gasteiger charge is 2.32. The molecule has 0 radical (unpaired) electrons. The number of aliphatic carboxylic acids is 1. The fourth-order valence-electron chi connectivity index (χ4n) is 1.70. The third-order valence-electron chi connectivity index (χ3n) is 2.68. The van der Waals surface area contributed by atoms with E-state index in [1.807, 2.05) is 0 Å². The van der Waals surface area contributed by atoms with Crippen LogP contribution in [0.25, 0.3) is 0 Å². The van der Waals surface area contributed by atoms with Gasteiger partial charge in [-0.1, -0.05) is 23.8 Å². The molecule has 0 bridgehead atoms. The summed E-state index contributed by atoms with van der Waals surface area (Å²) >= 11 is 0. The number of carboxylic acid groups (broad SMARTS) is 1. The first kappa shape index (κ1) is 15.9. The van der Waals surface area contributed by atoms with Gasteiger partial charge in [-0.25, -0.2) is 9.59 Å². The maximum atomic E-state index is 11.9. The van der Waals surface area contributed by atoms with Crippen molar-refractivity contribution in [3.05, 3.63) is 48.0 Å². The molecule has 0 heterocycles. The van der Waals surface area contributed by atoms with Gasteiger partial charge in [-0.3, -0.25) is 0 Å². The second kappa shape index (κ2) is 7.45. The normalized spacial score (nSPS) is 13.3. The average Bonchev–Trinajstić information content (AvgIpc) is 2.42. The fourth-order valence-corrected chi connectivity index (χ4v) is 1.70. The quantitative estimate of drug-likeness (QED) is 0.612. The Morgan fingerprint density at radius 1 is 1.30 bits per heavy atom. The minimum absolute atomic E-state index is 0.295. The smallest absolute Gasteiger partial charge is 0.347 e. The van der Waals surface area contributed by atoms with Crippen molar-refractivity contribution in [1.29, 1.82) is 0 Å². The summed E-state index contributed by atoms with van der Waals surface area (Å²) in [4.78, 5) is 23.2. The third kappa shape index (κ3) is 4.51. The Hall–Kier alpha value is -2.14. The SMILES string of the molecule is C=C(C)C[C@H](OC)C(OC(=O)c1ccccc1)C(=O)O. The Morgan fingerprint density at radius 3 is 2.35 bits per heavy atom. The number of methoxy groups -OCH3 is 1. The van der Waals surface area contributed by atoms with Gasteiger partial charge in [0, 0.05) is 7.11 Å². The van der Waals surface area contributed by atoms with Crippen LogP contribution in [0.15, 0.2) is 42.5 Å². The molecule has 0 amide bonds. The van der Waals surface area contributed by atoms with Crippen LogP contribution in [0.3, 0.4) is 0 Å². The van der Waals surface area contributed by atoms with E-state index in [1.54, 1.807) is 37.3 Å². The zero-order valence-electron chi connectivity index (χ0n) is 11.5. The molecule has 0 aliphatic heterocycles.